The number of ether oxygens (including phenoxy) is 1. The molecule has 0 atom stereocenters. The number of rotatable bonds is 12. The second kappa shape index (κ2) is 26.8. The molecule has 90 heavy (non-hydrogen) atoms. The summed E-state index contributed by atoms with van der Waals surface area (Å²) < 4.78 is 91.5. The van der Waals surface area contributed by atoms with Gasteiger partial charge in [-0.2, -0.15) is 23.9 Å². The third-order valence-electron chi connectivity index (χ3n) is 15.9. The summed E-state index contributed by atoms with van der Waals surface area (Å²) in [5.41, 5.74) is 11.3. The van der Waals surface area contributed by atoms with Gasteiger partial charge in [0.25, 0.3) is 0 Å². The summed E-state index contributed by atoms with van der Waals surface area (Å²) in [6.07, 6.45) is 9.16. The molecule has 2 saturated heterocycles. The van der Waals surface area contributed by atoms with Crippen molar-refractivity contribution in [2.24, 2.45) is 0 Å². The van der Waals surface area contributed by atoms with Gasteiger partial charge in [-0.05, 0) is 114 Å². The molecule has 2 fully saturated rings. The van der Waals surface area contributed by atoms with Gasteiger partial charge in [-0.15, -0.1) is 0 Å². The van der Waals surface area contributed by atoms with E-state index in [2.05, 4.69) is 80.9 Å². The molecule has 0 radical (unpaired) electrons. The van der Waals surface area contributed by atoms with Crippen LogP contribution in [0.3, 0.4) is 0 Å². The summed E-state index contributed by atoms with van der Waals surface area (Å²) in [7, 11) is -10.5. The largest absolute Gasteiger partial charge is 0.379 e. The number of aromatic nitrogens is 6. The highest BCUT2D eigenvalue weighted by Gasteiger charge is 2.31. The van der Waals surface area contributed by atoms with Gasteiger partial charge in [-0.25, -0.2) is 39.3 Å². The minimum Gasteiger partial charge on any atom is -0.379 e. The maximum Gasteiger partial charge on any atom is 0.243 e. The van der Waals surface area contributed by atoms with Crippen molar-refractivity contribution >= 4 is 29.9 Å². The van der Waals surface area contributed by atoms with Crippen LogP contribution in [0, 0.1) is 0 Å². The van der Waals surface area contributed by atoms with Crippen molar-refractivity contribution in [3.8, 4) is 50.8 Å². The van der Waals surface area contributed by atoms with E-state index in [1.54, 1.807) is 71.0 Å². The second-order valence-electron chi connectivity index (χ2n) is 25.6. The van der Waals surface area contributed by atoms with Crippen molar-refractivity contribution in [1.29, 1.82) is 0 Å². The summed E-state index contributed by atoms with van der Waals surface area (Å²) in [5.74, 6) is 0. The van der Waals surface area contributed by atoms with Crippen LogP contribution in [0.15, 0.2) is 232 Å². The molecule has 0 bridgehead atoms. The van der Waals surface area contributed by atoms with Crippen molar-refractivity contribution < 1.29 is 30.0 Å². The molecule has 0 amide bonds. The first-order valence-electron chi connectivity index (χ1n) is 30.5. The molecular weight excluding hydrogens is 1190 g/mol. The van der Waals surface area contributed by atoms with Gasteiger partial charge in [-0.3, -0.25) is 0 Å². The highest BCUT2D eigenvalue weighted by atomic mass is 32.2. The zero-order valence-electron chi connectivity index (χ0n) is 52.7. The lowest BCUT2D eigenvalue weighted by molar-refractivity contribution is 0.0730. The number of hydrogen-bond donors (Lipinski definition) is 0. The van der Waals surface area contributed by atoms with Crippen molar-refractivity contribution in [2.45, 2.75) is 117 Å². The van der Waals surface area contributed by atoms with Gasteiger partial charge in [0.05, 0.1) is 66.9 Å². The third kappa shape index (κ3) is 14.7. The average molecular weight is 1270 g/mol. The predicted molar refractivity (Wildman–Crippen MR) is 357 cm³/mol. The molecule has 2 aliphatic rings. The molecule has 0 spiro atoms. The second-order valence-corrected chi connectivity index (χ2v) is 31.5. The van der Waals surface area contributed by atoms with E-state index in [-0.39, 0.29) is 21.1 Å². The fraction of sp³-hybridized carbons (Fsp3) is 0.292. The van der Waals surface area contributed by atoms with Crippen LogP contribution in [-0.4, -0.2) is 103 Å². The zero-order valence-corrected chi connectivity index (χ0v) is 55.2. The fourth-order valence-corrected chi connectivity index (χ4v) is 15.0. The monoisotopic (exact) mass is 1260 g/mol. The number of piperidine rings is 1. The van der Waals surface area contributed by atoms with E-state index >= 15 is 0 Å². The van der Waals surface area contributed by atoms with Crippen molar-refractivity contribution in [1.82, 2.24) is 38.0 Å². The Balaban J connectivity index is 0.000000148. The Hall–Kier alpha value is -8.10. The van der Waals surface area contributed by atoms with E-state index in [4.69, 9.17) is 20.0 Å². The van der Waals surface area contributed by atoms with Crippen LogP contribution in [0.5, 0.6) is 0 Å². The number of para-hydroxylation sites is 3. The number of benzene rings is 7. The number of sulfonamides is 2. The summed E-state index contributed by atoms with van der Waals surface area (Å²) in [4.78, 5) is 1.22. The molecule has 5 heterocycles. The molecule has 0 N–H and O–H groups in total. The van der Waals surface area contributed by atoms with E-state index in [0.717, 1.165) is 86.8 Å². The van der Waals surface area contributed by atoms with Crippen LogP contribution in [0.1, 0.15) is 98.3 Å². The van der Waals surface area contributed by atoms with Gasteiger partial charge in [0, 0.05) is 78.2 Å². The molecule has 2 aliphatic heterocycles. The Labute approximate surface area is 531 Å². The van der Waals surface area contributed by atoms with Gasteiger partial charge >= 0.3 is 0 Å². The summed E-state index contributed by atoms with van der Waals surface area (Å²) in [6.45, 7) is 22.3. The standard InChI is InChI=1S/C25H24N2O2S.C24H29N3O2S.C23H27N3O3S/c1-25(2,3)23-18-27(20-10-6-4-7-11-20)26-24(23)19-14-16-22(17-15-19)30(28,29)21-12-8-5-9-13-21;1-24(2,3)22-18-27(20-10-6-4-7-11-20)25-23(22)19-12-14-21(15-13-19)30(28,29)26-16-8-5-9-17-26;1-23(2,3)21-17-26(19-7-5-4-6-8-19)24-22(21)18-9-11-20(12-10-18)30(27,28)25-13-15-29-16-14-25/h4-18H,1-3H3;4,6-7,10-15,18H,5,8-9,16-17H2,1-3H3;4-12,17H,13-16H2,1-3H3. The molecular formula is C72H80N8O7S3. The van der Waals surface area contributed by atoms with Crippen molar-refractivity contribution in [3.05, 3.63) is 229 Å². The molecule has 12 rings (SSSR count). The first-order chi connectivity index (χ1) is 42.8. The lowest BCUT2D eigenvalue weighted by Crippen LogP contribution is -2.40. The lowest BCUT2D eigenvalue weighted by atomic mass is 9.86. The Morgan fingerprint density at radius 2 is 0.611 bits per heavy atom. The highest BCUT2D eigenvalue weighted by Crippen LogP contribution is 2.37. The third-order valence-corrected chi connectivity index (χ3v) is 21.5. The smallest absolute Gasteiger partial charge is 0.243 e. The minimum absolute atomic E-state index is 0.0963. The molecule has 3 aromatic heterocycles. The van der Waals surface area contributed by atoms with E-state index in [1.165, 1.54) is 4.31 Å². The molecule has 0 aliphatic carbocycles. The topological polar surface area (TPSA) is 172 Å². The number of hydrogen-bond acceptors (Lipinski definition) is 10. The zero-order chi connectivity index (χ0) is 64.1. The van der Waals surface area contributed by atoms with Crippen LogP contribution in [0.4, 0.5) is 0 Å². The van der Waals surface area contributed by atoms with Gasteiger partial charge < -0.3 is 4.74 Å². The van der Waals surface area contributed by atoms with E-state index < -0.39 is 29.9 Å². The van der Waals surface area contributed by atoms with Crippen LogP contribution in [0.2, 0.25) is 0 Å². The van der Waals surface area contributed by atoms with Crippen molar-refractivity contribution in [3.63, 3.8) is 0 Å². The maximum atomic E-state index is 13.0. The van der Waals surface area contributed by atoms with E-state index in [9.17, 15) is 25.3 Å². The van der Waals surface area contributed by atoms with Crippen LogP contribution in [-0.2, 0) is 50.9 Å². The quantitative estimate of drug-likeness (QED) is 0.115. The minimum atomic E-state index is -3.54. The molecule has 468 valence electrons. The summed E-state index contributed by atoms with van der Waals surface area (Å²) in [5, 5.41) is 14.5. The first kappa shape index (κ1) is 64.9. The fourth-order valence-electron chi connectivity index (χ4n) is 10.8. The van der Waals surface area contributed by atoms with Gasteiger partial charge in [0.2, 0.25) is 29.9 Å². The van der Waals surface area contributed by atoms with Crippen LogP contribution < -0.4 is 0 Å². The molecule has 0 saturated carbocycles. The highest BCUT2D eigenvalue weighted by molar-refractivity contribution is 7.91. The summed E-state index contributed by atoms with van der Waals surface area (Å²) in [6, 6.07) is 59.7. The Morgan fingerprint density at radius 3 is 0.922 bits per heavy atom. The SMILES string of the molecule is CC(C)(C)c1cn(-c2ccccc2)nc1-c1ccc(S(=O)(=O)N2CCCCC2)cc1.CC(C)(C)c1cn(-c2ccccc2)nc1-c1ccc(S(=O)(=O)N2CCOCC2)cc1.CC(C)(C)c1cn(-c2ccccc2)nc1-c1ccc(S(=O)(=O)c2ccccc2)cc1. The molecule has 7 aromatic carbocycles. The van der Waals surface area contributed by atoms with Crippen LogP contribution >= 0.6 is 0 Å². The van der Waals surface area contributed by atoms with Gasteiger partial charge in [-0.1, -0.05) is 178 Å². The number of sulfone groups is 1. The Morgan fingerprint density at radius 1 is 0.333 bits per heavy atom. The van der Waals surface area contributed by atoms with Gasteiger partial charge in [0.15, 0.2) is 0 Å². The maximum absolute atomic E-state index is 13.0. The molecule has 18 heteroatoms. The van der Waals surface area contributed by atoms with Crippen LogP contribution in [0.25, 0.3) is 50.8 Å². The predicted octanol–water partition coefficient (Wildman–Crippen LogP) is 14.5. The average Bonchev–Trinajstić information content (AvgIpc) is 1.58. The van der Waals surface area contributed by atoms with Gasteiger partial charge in [0.1, 0.15) is 0 Å². The molecule has 10 aromatic rings. The number of nitrogens with zero attached hydrogens (tertiary/aromatic N) is 8. The summed E-state index contributed by atoms with van der Waals surface area (Å²) >= 11 is 0. The first-order valence-corrected chi connectivity index (χ1v) is 34.8. The molecule has 0 unspecified atom stereocenters. The Bertz CT molecular complexity index is 4190. The van der Waals surface area contributed by atoms with E-state index in [1.807, 2.05) is 141 Å². The van der Waals surface area contributed by atoms with E-state index in [0.29, 0.717) is 54.1 Å². The normalized spacial score (nSPS) is 14.7. The lowest BCUT2D eigenvalue weighted by Gasteiger charge is -2.26. The number of morpholine rings is 1. The Kier molecular flexibility index (Phi) is 19.3. The van der Waals surface area contributed by atoms with Crippen molar-refractivity contribution in [2.75, 3.05) is 39.4 Å². The molecule has 15 nitrogen and oxygen atoms in total.